The molecule has 0 spiro atoms. The van der Waals surface area contributed by atoms with Gasteiger partial charge in [-0.15, -0.1) is 0 Å². The van der Waals surface area contributed by atoms with Gasteiger partial charge in [-0.05, 0) is 19.1 Å². The Hall–Kier alpha value is -1.75. The van der Waals surface area contributed by atoms with Crippen molar-refractivity contribution in [2.24, 2.45) is 5.73 Å². The monoisotopic (exact) mass is 248 g/mol. The smallest absolute Gasteiger partial charge is 0.261 e. The summed E-state index contributed by atoms with van der Waals surface area (Å²) in [4.78, 5) is 25.6. The highest BCUT2D eigenvalue weighted by Gasteiger charge is 2.37. The number of nitrogens with two attached hydrogens (primary N) is 1. The molecule has 2 amide bonds. The molecule has 5 heteroatoms. The van der Waals surface area contributed by atoms with Crippen LogP contribution >= 0.6 is 12.2 Å². The van der Waals surface area contributed by atoms with E-state index >= 15 is 0 Å². The lowest BCUT2D eigenvalue weighted by Gasteiger charge is -2.21. The Morgan fingerprint density at radius 3 is 2.18 bits per heavy atom. The minimum absolute atomic E-state index is 0.269. The molecule has 17 heavy (non-hydrogen) atoms. The number of nitrogens with zero attached hydrogens (tertiary/aromatic N) is 1. The van der Waals surface area contributed by atoms with E-state index < -0.39 is 0 Å². The van der Waals surface area contributed by atoms with Gasteiger partial charge < -0.3 is 5.73 Å². The van der Waals surface area contributed by atoms with Crippen molar-refractivity contribution in [3.8, 4) is 0 Å². The van der Waals surface area contributed by atoms with Crippen LogP contribution in [0.2, 0.25) is 0 Å². The summed E-state index contributed by atoms with van der Waals surface area (Å²) in [5.41, 5.74) is 6.34. The van der Waals surface area contributed by atoms with Gasteiger partial charge >= 0.3 is 0 Å². The molecule has 0 radical (unpaired) electrons. The predicted molar refractivity (Wildman–Crippen MR) is 67.8 cm³/mol. The maximum Gasteiger partial charge on any atom is 0.261 e. The number of thiocarbonyl (C=S) groups is 1. The number of amides is 2. The fraction of sp³-hybridized carbons (Fsp3) is 0.250. The molecule has 1 heterocycles. The van der Waals surface area contributed by atoms with Crippen molar-refractivity contribution in [1.29, 1.82) is 0 Å². The van der Waals surface area contributed by atoms with Crippen LogP contribution in [0.3, 0.4) is 0 Å². The average molecular weight is 248 g/mol. The molecule has 2 N–H and O–H groups in total. The van der Waals surface area contributed by atoms with E-state index in [4.69, 9.17) is 18.0 Å². The van der Waals surface area contributed by atoms with Crippen LogP contribution in [-0.4, -0.2) is 27.7 Å². The largest absolute Gasteiger partial charge is 0.393 e. The molecular formula is C12H12N2O2S. The van der Waals surface area contributed by atoms with Crippen molar-refractivity contribution in [2.45, 2.75) is 19.4 Å². The number of fused-ring (bicyclic) bond motifs is 1. The summed E-state index contributed by atoms with van der Waals surface area (Å²) in [5.74, 6) is -0.538. The van der Waals surface area contributed by atoms with E-state index in [0.29, 0.717) is 22.5 Å². The van der Waals surface area contributed by atoms with Gasteiger partial charge in [0.2, 0.25) is 0 Å². The minimum atomic E-state index is -0.306. The van der Waals surface area contributed by atoms with Crippen LogP contribution in [0.4, 0.5) is 0 Å². The lowest BCUT2D eigenvalue weighted by atomic mass is 10.1. The standard InChI is InChI=1S/C12H12N2O2S/c1-7(6-10(13)17)14-11(15)8-4-2-3-5-9(8)12(14)16/h2-5,7H,6H2,1H3,(H2,13,17). The maximum absolute atomic E-state index is 12.1. The van der Waals surface area contributed by atoms with E-state index in [2.05, 4.69) is 0 Å². The SMILES string of the molecule is CC(CC(N)=S)N1C(=O)c2ccccc2C1=O. The first kappa shape index (κ1) is 11.7. The van der Waals surface area contributed by atoms with E-state index in [-0.39, 0.29) is 17.9 Å². The quantitative estimate of drug-likeness (QED) is 0.648. The van der Waals surface area contributed by atoms with Gasteiger partial charge in [-0.2, -0.15) is 0 Å². The molecule has 1 atom stereocenters. The van der Waals surface area contributed by atoms with Gasteiger partial charge in [0.1, 0.15) is 0 Å². The van der Waals surface area contributed by atoms with Crippen LogP contribution in [0.15, 0.2) is 24.3 Å². The van der Waals surface area contributed by atoms with E-state index in [1.165, 1.54) is 4.90 Å². The number of rotatable bonds is 3. The van der Waals surface area contributed by atoms with Crippen LogP contribution < -0.4 is 5.73 Å². The molecule has 1 aliphatic heterocycles. The van der Waals surface area contributed by atoms with Crippen LogP contribution in [0.5, 0.6) is 0 Å². The second-order valence-corrected chi connectivity index (χ2v) is 4.57. The first-order valence-electron chi connectivity index (χ1n) is 5.27. The molecular weight excluding hydrogens is 236 g/mol. The Morgan fingerprint density at radius 1 is 1.29 bits per heavy atom. The molecule has 0 saturated carbocycles. The summed E-state index contributed by atoms with van der Waals surface area (Å²) in [6, 6.07) is 6.49. The van der Waals surface area contributed by atoms with E-state index in [0.717, 1.165) is 0 Å². The van der Waals surface area contributed by atoms with Crippen LogP contribution in [0.25, 0.3) is 0 Å². The zero-order valence-electron chi connectivity index (χ0n) is 9.34. The summed E-state index contributed by atoms with van der Waals surface area (Å²) in [5, 5.41) is 0. The van der Waals surface area contributed by atoms with Crippen LogP contribution in [-0.2, 0) is 0 Å². The number of imide groups is 1. The molecule has 0 aliphatic carbocycles. The second kappa shape index (κ2) is 4.25. The average Bonchev–Trinajstić information content (AvgIpc) is 2.51. The number of carbonyl (C=O) groups is 2. The molecule has 4 nitrogen and oxygen atoms in total. The van der Waals surface area contributed by atoms with Gasteiger partial charge in [0.25, 0.3) is 11.8 Å². The number of hydrogen-bond acceptors (Lipinski definition) is 3. The Balaban J connectivity index is 2.33. The molecule has 0 fully saturated rings. The summed E-state index contributed by atoms with van der Waals surface area (Å²) in [6.45, 7) is 1.76. The Labute approximate surface area is 104 Å². The van der Waals surface area contributed by atoms with Gasteiger partial charge in [-0.1, -0.05) is 24.4 Å². The molecule has 1 aliphatic rings. The van der Waals surface area contributed by atoms with Crippen molar-refractivity contribution < 1.29 is 9.59 Å². The molecule has 1 aromatic carbocycles. The number of benzene rings is 1. The molecule has 1 aromatic rings. The van der Waals surface area contributed by atoms with Crippen molar-refractivity contribution in [3.05, 3.63) is 35.4 Å². The van der Waals surface area contributed by atoms with Gasteiger partial charge in [0.15, 0.2) is 0 Å². The second-order valence-electron chi connectivity index (χ2n) is 4.05. The van der Waals surface area contributed by atoms with Crippen molar-refractivity contribution in [3.63, 3.8) is 0 Å². The Bertz CT molecular complexity index is 478. The third-order valence-corrected chi connectivity index (χ3v) is 2.93. The Morgan fingerprint density at radius 2 is 1.76 bits per heavy atom. The highest BCUT2D eigenvalue weighted by atomic mass is 32.1. The fourth-order valence-electron chi connectivity index (χ4n) is 1.99. The lowest BCUT2D eigenvalue weighted by Crippen LogP contribution is -2.39. The van der Waals surface area contributed by atoms with E-state index in [1.54, 1.807) is 31.2 Å². The summed E-state index contributed by atoms with van der Waals surface area (Å²) in [7, 11) is 0. The van der Waals surface area contributed by atoms with Gasteiger partial charge in [-0.25, -0.2) is 0 Å². The summed E-state index contributed by atoms with van der Waals surface area (Å²) >= 11 is 4.80. The molecule has 0 saturated heterocycles. The highest BCUT2D eigenvalue weighted by molar-refractivity contribution is 7.80. The molecule has 88 valence electrons. The van der Waals surface area contributed by atoms with Crippen LogP contribution in [0.1, 0.15) is 34.1 Å². The molecule has 2 rings (SSSR count). The zero-order chi connectivity index (χ0) is 12.6. The maximum atomic E-state index is 12.1. The lowest BCUT2D eigenvalue weighted by molar-refractivity contribution is 0.0601. The minimum Gasteiger partial charge on any atom is -0.393 e. The first-order valence-corrected chi connectivity index (χ1v) is 5.68. The fourth-order valence-corrected chi connectivity index (χ4v) is 2.23. The van der Waals surface area contributed by atoms with Crippen molar-refractivity contribution in [1.82, 2.24) is 4.90 Å². The third-order valence-electron chi connectivity index (χ3n) is 2.76. The highest BCUT2D eigenvalue weighted by Crippen LogP contribution is 2.25. The number of hydrogen-bond donors (Lipinski definition) is 1. The van der Waals surface area contributed by atoms with Crippen molar-refractivity contribution in [2.75, 3.05) is 0 Å². The van der Waals surface area contributed by atoms with Crippen molar-refractivity contribution >= 4 is 29.0 Å². The molecule has 1 unspecified atom stereocenters. The molecule has 0 aromatic heterocycles. The topological polar surface area (TPSA) is 63.4 Å². The van der Waals surface area contributed by atoms with Gasteiger partial charge in [0.05, 0.1) is 16.1 Å². The normalized spacial score (nSPS) is 15.9. The predicted octanol–water partition coefficient (Wildman–Crippen LogP) is 1.35. The van der Waals surface area contributed by atoms with E-state index in [1.807, 2.05) is 0 Å². The zero-order valence-corrected chi connectivity index (χ0v) is 10.2. The van der Waals surface area contributed by atoms with Crippen LogP contribution in [0, 0.1) is 0 Å². The third kappa shape index (κ3) is 1.93. The first-order chi connectivity index (χ1) is 8.02. The summed E-state index contributed by atoms with van der Waals surface area (Å²) < 4.78 is 0. The van der Waals surface area contributed by atoms with E-state index in [9.17, 15) is 9.59 Å². The van der Waals surface area contributed by atoms with Gasteiger partial charge in [0, 0.05) is 12.5 Å². The van der Waals surface area contributed by atoms with Gasteiger partial charge in [-0.3, -0.25) is 14.5 Å². The molecule has 0 bridgehead atoms. The summed E-state index contributed by atoms with van der Waals surface area (Å²) in [6.07, 6.45) is 0.348. The Kier molecular flexibility index (Phi) is 2.93. The number of carbonyl (C=O) groups excluding carboxylic acids is 2.